The van der Waals surface area contributed by atoms with E-state index in [-0.39, 0.29) is 29.8 Å². The molecule has 0 fully saturated rings. The first kappa shape index (κ1) is 22.1. The second kappa shape index (κ2) is 10.9. The van der Waals surface area contributed by atoms with Crippen molar-refractivity contribution in [2.24, 2.45) is 4.99 Å². The van der Waals surface area contributed by atoms with E-state index < -0.39 is 0 Å². The Morgan fingerprint density at radius 2 is 2.04 bits per heavy atom. The van der Waals surface area contributed by atoms with E-state index in [9.17, 15) is 4.39 Å². The Hall–Kier alpha value is -1.90. The van der Waals surface area contributed by atoms with Crippen LogP contribution in [0.4, 0.5) is 4.39 Å². The average Bonchev–Trinajstić information content (AvgIpc) is 2.60. The molecule has 26 heavy (non-hydrogen) atoms. The predicted octanol–water partition coefficient (Wildman–Crippen LogP) is 3.37. The van der Waals surface area contributed by atoms with E-state index in [2.05, 4.69) is 20.6 Å². The third-order valence-corrected chi connectivity index (χ3v) is 3.99. The number of nitrogens with zero attached hydrogens (tertiary/aromatic N) is 2. The van der Waals surface area contributed by atoms with Crippen LogP contribution in [0.1, 0.15) is 22.4 Å². The van der Waals surface area contributed by atoms with Crippen molar-refractivity contribution >= 4 is 29.9 Å². The molecule has 0 bridgehead atoms. The zero-order chi connectivity index (χ0) is 18.2. The van der Waals surface area contributed by atoms with Crippen molar-refractivity contribution in [3.8, 4) is 5.75 Å². The minimum Gasteiger partial charge on any atom is -0.496 e. The number of aromatic nitrogens is 1. The van der Waals surface area contributed by atoms with Gasteiger partial charge in [-0.1, -0.05) is 12.1 Å². The molecule has 0 aliphatic heterocycles. The summed E-state index contributed by atoms with van der Waals surface area (Å²) in [6, 6.07) is 6.62. The zero-order valence-electron chi connectivity index (χ0n) is 15.6. The van der Waals surface area contributed by atoms with Gasteiger partial charge in [-0.25, -0.2) is 4.39 Å². The van der Waals surface area contributed by atoms with Crippen LogP contribution in [0.5, 0.6) is 5.75 Å². The van der Waals surface area contributed by atoms with Crippen molar-refractivity contribution in [2.45, 2.75) is 26.8 Å². The highest BCUT2D eigenvalue weighted by Gasteiger charge is 2.09. The zero-order valence-corrected chi connectivity index (χ0v) is 17.9. The molecule has 1 aromatic carbocycles. The van der Waals surface area contributed by atoms with Crippen molar-refractivity contribution in [2.75, 3.05) is 20.7 Å². The van der Waals surface area contributed by atoms with Crippen LogP contribution in [0.2, 0.25) is 0 Å². The number of hydrogen-bond donors (Lipinski definition) is 2. The molecule has 0 unspecified atom stereocenters. The molecule has 142 valence electrons. The largest absolute Gasteiger partial charge is 0.496 e. The van der Waals surface area contributed by atoms with Crippen LogP contribution < -0.4 is 15.4 Å². The Morgan fingerprint density at radius 3 is 2.69 bits per heavy atom. The van der Waals surface area contributed by atoms with Crippen molar-refractivity contribution in [1.82, 2.24) is 15.6 Å². The Labute approximate surface area is 171 Å². The molecule has 0 saturated carbocycles. The molecule has 2 N–H and O–H groups in total. The number of ether oxygens (including phenoxy) is 1. The number of benzene rings is 1. The van der Waals surface area contributed by atoms with Gasteiger partial charge in [-0.15, -0.1) is 24.0 Å². The quantitative estimate of drug-likeness (QED) is 0.385. The third-order valence-electron chi connectivity index (χ3n) is 3.99. The highest BCUT2D eigenvalue weighted by atomic mass is 127. The summed E-state index contributed by atoms with van der Waals surface area (Å²) >= 11 is 0. The minimum atomic E-state index is -0.213. The molecule has 1 aromatic heterocycles. The van der Waals surface area contributed by atoms with E-state index in [1.807, 2.05) is 26.1 Å². The van der Waals surface area contributed by atoms with E-state index >= 15 is 0 Å². The lowest BCUT2D eigenvalue weighted by molar-refractivity contribution is 0.406. The maximum Gasteiger partial charge on any atom is 0.191 e. The molecule has 0 radical (unpaired) electrons. The molecule has 0 atom stereocenters. The fraction of sp³-hybridized carbons (Fsp3) is 0.368. The lowest BCUT2D eigenvalue weighted by Gasteiger charge is -2.15. The number of rotatable bonds is 6. The van der Waals surface area contributed by atoms with E-state index in [4.69, 9.17) is 4.74 Å². The number of nitrogens with one attached hydrogen (secondary N) is 2. The van der Waals surface area contributed by atoms with Crippen LogP contribution in [-0.4, -0.2) is 31.6 Å². The molecule has 1 heterocycles. The van der Waals surface area contributed by atoms with Gasteiger partial charge in [0, 0.05) is 30.9 Å². The molecule has 0 aliphatic carbocycles. The summed E-state index contributed by atoms with van der Waals surface area (Å²) in [4.78, 5) is 8.67. The van der Waals surface area contributed by atoms with Crippen molar-refractivity contribution < 1.29 is 9.13 Å². The van der Waals surface area contributed by atoms with Gasteiger partial charge in [0.1, 0.15) is 11.6 Å². The maximum atomic E-state index is 13.2. The normalized spacial score (nSPS) is 10.9. The molecular formula is C19H26FIN4O. The number of hydrogen-bond acceptors (Lipinski definition) is 3. The van der Waals surface area contributed by atoms with Gasteiger partial charge < -0.3 is 15.4 Å². The number of methoxy groups -OCH3 is 1. The smallest absolute Gasteiger partial charge is 0.191 e. The van der Waals surface area contributed by atoms with E-state index in [1.54, 1.807) is 26.3 Å². The van der Waals surface area contributed by atoms with Gasteiger partial charge in [0.25, 0.3) is 0 Å². The van der Waals surface area contributed by atoms with Gasteiger partial charge in [-0.2, -0.15) is 0 Å². The number of aryl methyl sites for hydroxylation is 1. The second-order valence-electron chi connectivity index (χ2n) is 5.78. The van der Waals surface area contributed by atoms with Crippen molar-refractivity contribution in [1.29, 1.82) is 0 Å². The van der Waals surface area contributed by atoms with Gasteiger partial charge in [0.05, 0.1) is 19.3 Å². The Morgan fingerprint density at radius 1 is 1.27 bits per heavy atom. The molecule has 0 aliphatic rings. The SMILES string of the molecule is CN=C(NCCc1cccc(F)c1)NCc1ncc(C)c(OC)c1C.I. The van der Waals surface area contributed by atoms with Crippen LogP contribution in [0, 0.1) is 19.7 Å². The van der Waals surface area contributed by atoms with Crippen LogP contribution >= 0.6 is 24.0 Å². The number of aliphatic imine (C=N–C) groups is 1. The fourth-order valence-electron chi connectivity index (χ4n) is 2.66. The first-order valence-electron chi connectivity index (χ1n) is 8.23. The van der Waals surface area contributed by atoms with Crippen LogP contribution in [0.25, 0.3) is 0 Å². The molecule has 7 heteroatoms. The second-order valence-corrected chi connectivity index (χ2v) is 5.78. The topological polar surface area (TPSA) is 58.5 Å². The molecule has 0 saturated heterocycles. The summed E-state index contributed by atoms with van der Waals surface area (Å²) in [5, 5.41) is 6.47. The van der Waals surface area contributed by atoms with E-state index in [1.165, 1.54) is 6.07 Å². The van der Waals surface area contributed by atoms with Gasteiger partial charge >= 0.3 is 0 Å². The molecular weight excluding hydrogens is 446 g/mol. The summed E-state index contributed by atoms with van der Waals surface area (Å²) in [6.45, 7) is 5.17. The fourth-order valence-corrected chi connectivity index (χ4v) is 2.66. The maximum absolute atomic E-state index is 13.2. The summed E-state index contributed by atoms with van der Waals surface area (Å²) in [5.41, 5.74) is 3.89. The van der Waals surface area contributed by atoms with Gasteiger partial charge in [0.2, 0.25) is 0 Å². The highest BCUT2D eigenvalue weighted by Crippen LogP contribution is 2.23. The minimum absolute atomic E-state index is 0. The number of guanidine groups is 1. The molecule has 5 nitrogen and oxygen atoms in total. The Balaban J connectivity index is 0.00000338. The first-order chi connectivity index (χ1) is 12.0. The van der Waals surface area contributed by atoms with Crippen molar-refractivity contribution in [3.05, 3.63) is 58.7 Å². The summed E-state index contributed by atoms with van der Waals surface area (Å²) in [7, 11) is 3.38. The molecule has 0 spiro atoms. The summed E-state index contributed by atoms with van der Waals surface area (Å²) < 4.78 is 18.6. The van der Waals surface area contributed by atoms with E-state index in [0.29, 0.717) is 25.5 Å². The lowest BCUT2D eigenvalue weighted by Crippen LogP contribution is -2.38. The van der Waals surface area contributed by atoms with Gasteiger partial charge in [-0.3, -0.25) is 9.98 Å². The number of pyridine rings is 1. The lowest BCUT2D eigenvalue weighted by atomic mass is 10.1. The van der Waals surface area contributed by atoms with E-state index in [0.717, 1.165) is 28.1 Å². The van der Waals surface area contributed by atoms with Crippen molar-refractivity contribution in [3.63, 3.8) is 0 Å². The monoisotopic (exact) mass is 472 g/mol. The number of halogens is 2. The van der Waals surface area contributed by atoms with Crippen LogP contribution in [0.15, 0.2) is 35.5 Å². The van der Waals surface area contributed by atoms with Crippen LogP contribution in [-0.2, 0) is 13.0 Å². The standard InChI is InChI=1S/C19H25FN4O.HI/c1-13-11-23-17(14(2)18(13)25-4)12-24-19(21-3)22-9-8-15-6-5-7-16(20)10-15;/h5-7,10-11H,8-9,12H2,1-4H3,(H2,21,22,24);1H. The molecule has 2 aromatic rings. The molecule has 0 amide bonds. The third kappa shape index (κ3) is 6.12. The highest BCUT2D eigenvalue weighted by molar-refractivity contribution is 14.0. The van der Waals surface area contributed by atoms with Gasteiger partial charge in [-0.05, 0) is 38.0 Å². The predicted molar refractivity (Wildman–Crippen MR) is 114 cm³/mol. The summed E-state index contributed by atoms with van der Waals surface area (Å²) in [5.74, 6) is 1.33. The van der Waals surface area contributed by atoms with Crippen LogP contribution in [0.3, 0.4) is 0 Å². The average molecular weight is 472 g/mol. The summed E-state index contributed by atoms with van der Waals surface area (Å²) in [6.07, 6.45) is 2.52. The van der Waals surface area contributed by atoms with Gasteiger partial charge in [0.15, 0.2) is 5.96 Å². The Bertz CT molecular complexity index is 752. The first-order valence-corrected chi connectivity index (χ1v) is 8.23. The Kier molecular flexibility index (Phi) is 9.32. The molecule has 2 rings (SSSR count).